The maximum Gasteiger partial charge on any atom is 0.258 e. The third-order valence-electron chi connectivity index (χ3n) is 2.89. The van der Waals surface area contributed by atoms with Gasteiger partial charge in [-0.2, -0.15) is 0 Å². The summed E-state index contributed by atoms with van der Waals surface area (Å²) >= 11 is 0. The maximum atomic E-state index is 13.9. The van der Waals surface area contributed by atoms with E-state index in [4.69, 9.17) is 9.47 Å². The van der Waals surface area contributed by atoms with Crippen LogP contribution in [0.3, 0.4) is 0 Å². The number of methoxy groups -OCH3 is 2. The van der Waals surface area contributed by atoms with E-state index in [1.165, 1.54) is 20.3 Å². The number of carbonyl (C=O) groups is 1. The molecule has 0 saturated carbocycles. The minimum absolute atomic E-state index is 0.134. The number of carbonyl (C=O) groups excluding carboxylic acids is 1. The van der Waals surface area contributed by atoms with E-state index >= 15 is 0 Å². The van der Waals surface area contributed by atoms with Crippen molar-refractivity contribution in [3.05, 3.63) is 53.3 Å². The van der Waals surface area contributed by atoms with E-state index in [1.54, 1.807) is 0 Å². The van der Waals surface area contributed by atoms with Crippen LogP contribution >= 0.6 is 0 Å². The molecule has 0 fully saturated rings. The van der Waals surface area contributed by atoms with Gasteiger partial charge in [0, 0.05) is 12.1 Å². The molecule has 1 amide bonds. The van der Waals surface area contributed by atoms with Gasteiger partial charge in [-0.3, -0.25) is 4.79 Å². The minimum atomic E-state index is -0.983. The van der Waals surface area contributed by atoms with Crippen molar-refractivity contribution in [3.8, 4) is 11.5 Å². The Morgan fingerprint density at radius 3 is 2.23 bits per heavy atom. The number of anilines is 1. The van der Waals surface area contributed by atoms with Gasteiger partial charge in [-0.05, 0) is 18.2 Å². The molecule has 0 bridgehead atoms. The van der Waals surface area contributed by atoms with E-state index < -0.39 is 28.9 Å². The van der Waals surface area contributed by atoms with Crippen molar-refractivity contribution in [2.24, 2.45) is 0 Å². The Bertz CT molecular complexity index is 719. The van der Waals surface area contributed by atoms with Crippen molar-refractivity contribution in [1.82, 2.24) is 0 Å². The second-order valence-electron chi connectivity index (χ2n) is 4.27. The Kier molecular flexibility index (Phi) is 4.55. The van der Waals surface area contributed by atoms with Gasteiger partial charge in [0.2, 0.25) is 0 Å². The summed E-state index contributed by atoms with van der Waals surface area (Å²) < 4.78 is 50.4. The lowest BCUT2D eigenvalue weighted by Crippen LogP contribution is -2.15. The van der Waals surface area contributed by atoms with Crippen molar-refractivity contribution in [1.29, 1.82) is 0 Å². The molecule has 0 spiro atoms. The number of ether oxygens (including phenoxy) is 2. The first-order chi connectivity index (χ1) is 10.5. The average Bonchev–Trinajstić information content (AvgIpc) is 2.51. The van der Waals surface area contributed by atoms with E-state index in [9.17, 15) is 18.0 Å². The molecule has 1 N–H and O–H groups in total. The van der Waals surface area contributed by atoms with Crippen molar-refractivity contribution in [3.63, 3.8) is 0 Å². The number of halogens is 3. The minimum Gasteiger partial charge on any atom is -0.493 e. The lowest BCUT2D eigenvalue weighted by molar-refractivity contribution is 0.102. The molecular weight excluding hydrogens is 299 g/mol. The number of amides is 1. The summed E-state index contributed by atoms with van der Waals surface area (Å²) in [7, 11) is 2.67. The number of hydrogen-bond acceptors (Lipinski definition) is 3. The monoisotopic (exact) mass is 311 g/mol. The van der Waals surface area contributed by atoms with E-state index in [0.717, 1.165) is 24.3 Å². The fourth-order valence-corrected chi connectivity index (χ4v) is 1.81. The van der Waals surface area contributed by atoms with Gasteiger partial charge in [0.1, 0.15) is 11.6 Å². The van der Waals surface area contributed by atoms with Gasteiger partial charge in [-0.15, -0.1) is 0 Å². The van der Waals surface area contributed by atoms with Crippen LogP contribution in [0.2, 0.25) is 0 Å². The summed E-state index contributed by atoms with van der Waals surface area (Å²) in [6.07, 6.45) is 0. The van der Waals surface area contributed by atoms with Crippen LogP contribution < -0.4 is 14.8 Å². The molecule has 2 aromatic carbocycles. The van der Waals surface area contributed by atoms with Crippen LogP contribution in [0.4, 0.5) is 18.9 Å². The highest BCUT2D eigenvalue weighted by molar-refractivity contribution is 6.04. The molecule has 4 nitrogen and oxygen atoms in total. The summed E-state index contributed by atoms with van der Waals surface area (Å²) in [5, 5.41) is 2.16. The lowest BCUT2D eigenvalue weighted by Gasteiger charge is -2.12. The normalized spacial score (nSPS) is 10.2. The van der Waals surface area contributed by atoms with E-state index in [-0.39, 0.29) is 17.2 Å². The van der Waals surface area contributed by atoms with Crippen LogP contribution in [0, 0.1) is 17.5 Å². The molecule has 116 valence electrons. The highest BCUT2D eigenvalue weighted by atomic mass is 19.1. The predicted molar refractivity (Wildman–Crippen MR) is 73.8 cm³/mol. The smallest absolute Gasteiger partial charge is 0.258 e. The standard InChI is InChI=1S/C15H12F3NO3/c1-21-13-6-11(18)12(7-14(13)22-2)19-15(20)9-5-8(16)3-4-10(9)17/h3-7H,1-2H3,(H,19,20). The number of nitrogens with one attached hydrogen (secondary N) is 1. The lowest BCUT2D eigenvalue weighted by atomic mass is 10.2. The molecule has 0 aliphatic heterocycles. The maximum absolute atomic E-state index is 13.9. The molecule has 0 aliphatic rings. The van der Waals surface area contributed by atoms with Gasteiger partial charge in [0.05, 0.1) is 25.5 Å². The second kappa shape index (κ2) is 6.38. The number of benzene rings is 2. The third-order valence-corrected chi connectivity index (χ3v) is 2.89. The van der Waals surface area contributed by atoms with Crippen LogP contribution in [0.15, 0.2) is 30.3 Å². The molecule has 0 atom stereocenters. The van der Waals surface area contributed by atoms with Crippen molar-refractivity contribution in [2.75, 3.05) is 19.5 Å². The van der Waals surface area contributed by atoms with Gasteiger partial charge in [0.25, 0.3) is 5.91 Å². The van der Waals surface area contributed by atoms with Gasteiger partial charge >= 0.3 is 0 Å². The van der Waals surface area contributed by atoms with Crippen LogP contribution in [0.25, 0.3) is 0 Å². The first kappa shape index (κ1) is 15.7. The zero-order valence-corrected chi connectivity index (χ0v) is 11.7. The van der Waals surface area contributed by atoms with Gasteiger partial charge in [-0.25, -0.2) is 13.2 Å². The summed E-state index contributed by atoms with van der Waals surface area (Å²) in [5.41, 5.74) is -0.777. The Labute approximate surface area is 124 Å². The van der Waals surface area contributed by atoms with Crippen molar-refractivity contribution >= 4 is 11.6 Å². The quantitative estimate of drug-likeness (QED) is 0.941. The molecule has 0 aliphatic carbocycles. The summed E-state index contributed by atoms with van der Waals surface area (Å²) in [6.45, 7) is 0. The highest BCUT2D eigenvalue weighted by Gasteiger charge is 2.17. The van der Waals surface area contributed by atoms with Crippen molar-refractivity contribution in [2.45, 2.75) is 0 Å². The average molecular weight is 311 g/mol. The molecule has 0 heterocycles. The largest absolute Gasteiger partial charge is 0.493 e. The van der Waals surface area contributed by atoms with Crippen LogP contribution in [-0.2, 0) is 0 Å². The van der Waals surface area contributed by atoms with Crippen LogP contribution in [-0.4, -0.2) is 20.1 Å². The Hall–Kier alpha value is -2.70. The molecule has 0 radical (unpaired) electrons. The first-order valence-electron chi connectivity index (χ1n) is 6.14. The summed E-state index contributed by atoms with van der Waals surface area (Å²) in [5.74, 6) is -3.17. The molecule has 22 heavy (non-hydrogen) atoms. The van der Waals surface area contributed by atoms with Gasteiger partial charge in [0.15, 0.2) is 17.3 Å². The van der Waals surface area contributed by atoms with Crippen molar-refractivity contribution < 1.29 is 27.4 Å². The molecule has 7 heteroatoms. The predicted octanol–water partition coefficient (Wildman–Crippen LogP) is 3.37. The Balaban J connectivity index is 2.34. The van der Waals surface area contributed by atoms with E-state index in [2.05, 4.69) is 5.32 Å². The Morgan fingerprint density at radius 2 is 1.59 bits per heavy atom. The molecule has 0 aromatic heterocycles. The topological polar surface area (TPSA) is 47.6 Å². The number of rotatable bonds is 4. The molecule has 2 aromatic rings. The fourth-order valence-electron chi connectivity index (χ4n) is 1.81. The summed E-state index contributed by atoms with van der Waals surface area (Å²) in [4.78, 5) is 11.9. The Morgan fingerprint density at radius 1 is 0.955 bits per heavy atom. The molecule has 0 unspecified atom stereocenters. The SMILES string of the molecule is COc1cc(F)c(NC(=O)c2cc(F)ccc2F)cc1OC. The zero-order valence-electron chi connectivity index (χ0n) is 11.7. The highest BCUT2D eigenvalue weighted by Crippen LogP contribution is 2.32. The second-order valence-corrected chi connectivity index (χ2v) is 4.27. The van der Waals surface area contributed by atoms with Crippen LogP contribution in [0.5, 0.6) is 11.5 Å². The first-order valence-corrected chi connectivity index (χ1v) is 6.14. The molecular formula is C15H12F3NO3. The molecule has 0 saturated heterocycles. The zero-order chi connectivity index (χ0) is 16.3. The van der Waals surface area contributed by atoms with E-state index in [0.29, 0.717) is 0 Å². The van der Waals surface area contributed by atoms with E-state index in [1.807, 2.05) is 0 Å². The van der Waals surface area contributed by atoms with Gasteiger partial charge in [-0.1, -0.05) is 0 Å². The van der Waals surface area contributed by atoms with Gasteiger partial charge < -0.3 is 14.8 Å². The third kappa shape index (κ3) is 3.13. The summed E-state index contributed by atoms with van der Waals surface area (Å²) in [6, 6.07) is 4.61. The number of hydrogen-bond donors (Lipinski definition) is 1. The molecule has 2 rings (SSSR count). The van der Waals surface area contributed by atoms with Crippen LogP contribution in [0.1, 0.15) is 10.4 Å². The fraction of sp³-hybridized carbons (Fsp3) is 0.133.